The van der Waals surface area contributed by atoms with E-state index < -0.39 is 10.2 Å². The summed E-state index contributed by atoms with van der Waals surface area (Å²) in [5, 5.41) is 0. The van der Waals surface area contributed by atoms with Gasteiger partial charge in [-0.25, -0.2) is 0 Å². The van der Waals surface area contributed by atoms with Gasteiger partial charge >= 0.3 is 0 Å². The van der Waals surface area contributed by atoms with Gasteiger partial charge in [-0.15, -0.1) is 0 Å². The molecule has 0 aliphatic heterocycles. The first kappa shape index (κ1) is 25.3. The van der Waals surface area contributed by atoms with Gasteiger partial charge in [-0.3, -0.25) is 19.9 Å². The molecule has 0 saturated heterocycles. The van der Waals surface area contributed by atoms with E-state index in [1.807, 2.05) is 72.8 Å². The van der Waals surface area contributed by atoms with Gasteiger partial charge in [0.1, 0.15) is 0 Å². The maximum Gasteiger partial charge on any atom is 0.0886 e. The Morgan fingerprint density at radius 2 is 0.700 bits per heavy atom. The van der Waals surface area contributed by atoms with Crippen LogP contribution in [0.3, 0.4) is 0 Å². The molecule has 4 rings (SSSR count). The van der Waals surface area contributed by atoms with Gasteiger partial charge in [0.25, 0.3) is 0 Å². The van der Waals surface area contributed by atoms with E-state index in [1.54, 1.807) is 24.8 Å². The van der Waals surface area contributed by atoms with Gasteiger partial charge in [-0.05, 0) is 48.5 Å². The number of hydrogen-bond acceptors (Lipinski definition) is 8. The molecular formula is C20H17ClCuN4O4. The van der Waals surface area contributed by atoms with Crippen LogP contribution in [-0.2, 0) is 17.1 Å². The SMILES string of the molecule is [Cu].[O-][Cl+3]([O-])([O-])O.c1ccc(-c2ccccn2)nc1.c1ccc(-c2ccccn2)nc1. The molecule has 0 amide bonds. The van der Waals surface area contributed by atoms with Crippen molar-refractivity contribution in [1.29, 1.82) is 0 Å². The standard InChI is InChI=1S/2C10H8N2.ClHO4.Cu/c2*1-3-7-11-9(5-1)10-6-2-4-8-12-10;2-1(3,4)5;/h2*1-8H;(H,2,3,4,5);. The minimum Gasteiger partial charge on any atom is -0.255 e. The van der Waals surface area contributed by atoms with Crippen molar-refractivity contribution in [2.24, 2.45) is 0 Å². The monoisotopic (exact) mass is 475 g/mol. The summed E-state index contributed by atoms with van der Waals surface area (Å²) < 4.78 is 32.7. The second-order valence-corrected chi connectivity index (χ2v) is 6.05. The van der Waals surface area contributed by atoms with Crippen molar-refractivity contribution in [3.05, 3.63) is 97.6 Å². The van der Waals surface area contributed by atoms with Crippen molar-refractivity contribution in [2.75, 3.05) is 0 Å². The molecular weight excluding hydrogens is 459 g/mol. The zero-order valence-electron chi connectivity index (χ0n) is 15.4. The summed E-state index contributed by atoms with van der Waals surface area (Å²) in [6, 6.07) is 23.2. The Morgan fingerprint density at radius 3 is 0.833 bits per heavy atom. The normalized spacial score (nSPS) is 9.73. The van der Waals surface area contributed by atoms with Crippen molar-refractivity contribution in [3.63, 3.8) is 0 Å². The molecule has 4 aromatic heterocycles. The minimum absolute atomic E-state index is 0. The van der Waals surface area contributed by atoms with Gasteiger partial charge in [-0.2, -0.15) is 14.0 Å². The van der Waals surface area contributed by atoms with E-state index in [4.69, 9.17) is 18.6 Å². The Labute approximate surface area is 186 Å². The van der Waals surface area contributed by atoms with E-state index in [9.17, 15) is 0 Å². The second kappa shape index (κ2) is 13.5. The Morgan fingerprint density at radius 1 is 0.500 bits per heavy atom. The number of nitrogens with zero attached hydrogens (tertiary/aromatic N) is 4. The average Bonchev–Trinajstić information content (AvgIpc) is 2.76. The summed E-state index contributed by atoms with van der Waals surface area (Å²) in [7, 11) is -4.69. The third-order valence-electron chi connectivity index (χ3n) is 3.18. The van der Waals surface area contributed by atoms with Gasteiger partial charge in [0, 0.05) is 41.9 Å². The fraction of sp³-hybridized carbons (Fsp3) is 0. The molecule has 1 radical (unpaired) electrons. The fourth-order valence-corrected chi connectivity index (χ4v) is 2.06. The number of rotatable bonds is 2. The summed E-state index contributed by atoms with van der Waals surface area (Å²) in [6.45, 7) is 0. The molecule has 0 aromatic carbocycles. The number of aromatic nitrogens is 4. The molecule has 10 heteroatoms. The van der Waals surface area contributed by atoms with E-state index >= 15 is 0 Å². The zero-order valence-corrected chi connectivity index (χ0v) is 17.1. The second-order valence-electron chi connectivity index (χ2n) is 5.26. The molecule has 0 unspecified atom stereocenters. The van der Waals surface area contributed by atoms with Crippen LogP contribution < -0.4 is 14.0 Å². The maximum absolute atomic E-state index is 8.60. The van der Waals surface area contributed by atoms with Crippen molar-refractivity contribution >= 4 is 0 Å². The first-order chi connectivity index (χ1) is 13.9. The van der Waals surface area contributed by atoms with Crippen molar-refractivity contribution < 1.29 is 45.9 Å². The molecule has 4 heterocycles. The Bertz CT molecular complexity index is 792. The van der Waals surface area contributed by atoms with Gasteiger partial charge < -0.3 is 0 Å². The largest absolute Gasteiger partial charge is 0.255 e. The van der Waals surface area contributed by atoms with Crippen molar-refractivity contribution in [1.82, 2.24) is 19.9 Å². The van der Waals surface area contributed by atoms with E-state index in [1.165, 1.54) is 0 Å². The summed E-state index contributed by atoms with van der Waals surface area (Å²) in [5.74, 6) is 0. The predicted octanol–water partition coefficient (Wildman–Crippen LogP) is 0.161. The smallest absolute Gasteiger partial charge is 0.0886 e. The Balaban J connectivity index is 0.000000241. The minimum atomic E-state index is -4.69. The molecule has 159 valence electrons. The van der Waals surface area contributed by atoms with Crippen LogP contribution in [0.15, 0.2) is 97.6 Å². The zero-order chi connectivity index (χ0) is 21.0. The summed E-state index contributed by atoms with van der Waals surface area (Å²) in [5.41, 5.74) is 3.66. The van der Waals surface area contributed by atoms with E-state index in [0.717, 1.165) is 22.8 Å². The van der Waals surface area contributed by atoms with Gasteiger partial charge in [0.15, 0.2) is 0 Å². The summed E-state index contributed by atoms with van der Waals surface area (Å²) in [6.07, 6.45) is 7.07. The van der Waals surface area contributed by atoms with Crippen LogP contribution in [0, 0.1) is 10.2 Å². The molecule has 0 saturated carbocycles. The molecule has 4 aromatic rings. The molecule has 1 N–H and O–H groups in total. The van der Waals surface area contributed by atoms with Crippen LogP contribution in [0.1, 0.15) is 0 Å². The fourth-order valence-electron chi connectivity index (χ4n) is 2.06. The topological polar surface area (TPSA) is 141 Å². The Kier molecular flexibility index (Phi) is 11.4. The average molecular weight is 476 g/mol. The van der Waals surface area contributed by atoms with E-state index in [2.05, 4.69) is 19.9 Å². The predicted molar refractivity (Wildman–Crippen MR) is 97.2 cm³/mol. The first-order valence-corrected chi connectivity index (χ1v) is 9.48. The van der Waals surface area contributed by atoms with Crippen LogP contribution in [0.25, 0.3) is 22.8 Å². The van der Waals surface area contributed by atoms with E-state index in [-0.39, 0.29) is 17.1 Å². The van der Waals surface area contributed by atoms with Crippen LogP contribution in [-0.4, -0.2) is 24.6 Å². The summed E-state index contributed by atoms with van der Waals surface area (Å²) >= 11 is 0. The molecule has 8 nitrogen and oxygen atoms in total. The molecule has 0 fully saturated rings. The maximum atomic E-state index is 8.60. The third-order valence-corrected chi connectivity index (χ3v) is 3.18. The van der Waals surface area contributed by atoms with Gasteiger partial charge in [0.2, 0.25) is 0 Å². The van der Waals surface area contributed by atoms with Gasteiger partial charge in [-0.1, -0.05) is 24.3 Å². The van der Waals surface area contributed by atoms with Crippen LogP contribution >= 0.6 is 0 Å². The van der Waals surface area contributed by atoms with E-state index in [0.29, 0.717) is 0 Å². The van der Waals surface area contributed by atoms with Crippen LogP contribution in [0.2, 0.25) is 0 Å². The third kappa shape index (κ3) is 10.7. The molecule has 30 heavy (non-hydrogen) atoms. The van der Waals surface area contributed by atoms with Crippen LogP contribution in [0.4, 0.5) is 0 Å². The number of halogens is 1. The van der Waals surface area contributed by atoms with Crippen molar-refractivity contribution in [2.45, 2.75) is 0 Å². The van der Waals surface area contributed by atoms with Crippen molar-refractivity contribution in [3.8, 4) is 22.8 Å². The molecule has 0 aliphatic rings. The quantitative estimate of drug-likeness (QED) is 0.404. The molecule has 0 atom stereocenters. The Hall–Kier alpha value is -2.75. The van der Waals surface area contributed by atoms with Gasteiger partial charge in [0.05, 0.1) is 37.7 Å². The molecule has 0 spiro atoms. The molecule has 0 aliphatic carbocycles. The van der Waals surface area contributed by atoms with Crippen LogP contribution in [0.5, 0.6) is 0 Å². The number of pyridine rings is 4. The first-order valence-electron chi connectivity index (χ1n) is 8.21. The number of hydrogen-bond donors (Lipinski definition) is 1. The summed E-state index contributed by atoms with van der Waals surface area (Å²) in [4.78, 5) is 16.7. The molecule has 0 bridgehead atoms.